The Balaban J connectivity index is 2.43. The van der Waals surface area contributed by atoms with Gasteiger partial charge in [0.15, 0.2) is 0 Å². The molecule has 0 unspecified atom stereocenters. The Kier molecular flexibility index (Phi) is 7.65. The van der Waals surface area contributed by atoms with E-state index in [0.29, 0.717) is 29.4 Å². The van der Waals surface area contributed by atoms with Crippen molar-refractivity contribution in [2.24, 2.45) is 0 Å². The van der Waals surface area contributed by atoms with E-state index in [-0.39, 0.29) is 22.3 Å². The van der Waals surface area contributed by atoms with Crippen molar-refractivity contribution in [2.45, 2.75) is 64.9 Å². The molecule has 0 saturated heterocycles. The van der Waals surface area contributed by atoms with Crippen LogP contribution in [0.2, 0.25) is 0 Å². The second-order valence-corrected chi connectivity index (χ2v) is 11.1. The van der Waals surface area contributed by atoms with E-state index in [9.17, 15) is 13.2 Å². The maximum absolute atomic E-state index is 12.9. The smallest absolute Gasteiger partial charge is 0.267 e. The number of anilines is 1. The summed E-state index contributed by atoms with van der Waals surface area (Å²) >= 11 is 1.32. The van der Waals surface area contributed by atoms with Gasteiger partial charge in [-0.25, -0.2) is 13.4 Å². The van der Waals surface area contributed by atoms with Crippen LogP contribution in [0.5, 0.6) is 5.75 Å². The fraction of sp³-hybridized carbons (Fsp3) is 0.524. The van der Waals surface area contributed by atoms with Gasteiger partial charge in [-0.3, -0.25) is 4.79 Å². The van der Waals surface area contributed by atoms with Gasteiger partial charge >= 0.3 is 0 Å². The third kappa shape index (κ3) is 5.59. The first-order chi connectivity index (χ1) is 13.9. The van der Waals surface area contributed by atoms with Crippen LogP contribution in [0, 0.1) is 0 Å². The first-order valence-corrected chi connectivity index (χ1v) is 12.2. The summed E-state index contributed by atoms with van der Waals surface area (Å²) in [5.74, 6) is 0.0615. The zero-order valence-corrected chi connectivity index (χ0v) is 20.3. The highest BCUT2D eigenvalue weighted by atomic mass is 32.2. The van der Waals surface area contributed by atoms with Crippen molar-refractivity contribution in [3.8, 4) is 5.75 Å². The lowest BCUT2D eigenvalue weighted by atomic mass is 9.98. The van der Waals surface area contributed by atoms with Gasteiger partial charge in [-0.2, -0.15) is 4.31 Å². The minimum Gasteiger partial charge on any atom is -0.489 e. The van der Waals surface area contributed by atoms with Gasteiger partial charge in [0.05, 0.1) is 27.9 Å². The standard InChI is InChI=1S/C21H31N3O4S2/c1-8-24(9-2)30(26,27)15-10-11-17(28-14(3)4)16(12-15)23-19(25)18-13-22-20(29-18)21(5,6)7/h10-14H,8-9H2,1-7H3,(H,23,25). The van der Waals surface area contributed by atoms with E-state index in [1.807, 2.05) is 34.6 Å². The number of nitrogens with one attached hydrogen (secondary N) is 1. The van der Waals surface area contributed by atoms with Gasteiger partial charge in [-0.05, 0) is 32.0 Å². The Labute approximate surface area is 183 Å². The molecule has 0 saturated carbocycles. The Bertz CT molecular complexity index is 988. The number of aromatic nitrogens is 1. The average molecular weight is 454 g/mol. The van der Waals surface area contributed by atoms with Crippen LogP contribution in [0.4, 0.5) is 5.69 Å². The molecule has 0 atom stereocenters. The number of hydrogen-bond donors (Lipinski definition) is 1. The quantitative estimate of drug-likeness (QED) is 0.635. The molecule has 166 valence electrons. The maximum atomic E-state index is 12.9. The minimum atomic E-state index is -3.67. The summed E-state index contributed by atoms with van der Waals surface area (Å²) in [6.45, 7) is 14.1. The van der Waals surface area contributed by atoms with Gasteiger partial charge in [0.25, 0.3) is 5.91 Å². The zero-order valence-electron chi connectivity index (χ0n) is 18.6. The van der Waals surface area contributed by atoms with Crippen LogP contribution in [-0.2, 0) is 15.4 Å². The summed E-state index contributed by atoms with van der Waals surface area (Å²) in [4.78, 5) is 17.8. The van der Waals surface area contributed by atoms with Crippen LogP contribution in [0.15, 0.2) is 29.3 Å². The normalized spacial score (nSPS) is 12.4. The minimum absolute atomic E-state index is 0.109. The zero-order chi connectivity index (χ0) is 22.7. The molecule has 0 fully saturated rings. The van der Waals surface area contributed by atoms with Gasteiger partial charge in [-0.15, -0.1) is 11.3 Å². The van der Waals surface area contributed by atoms with Crippen molar-refractivity contribution in [1.82, 2.24) is 9.29 Å². The van der Waals surface area contributed by atoms with E-state index < -0.39 is 10.0 Å². The largest absolute Gasteiger partial charge is 0.489 e. The summed E-state index contributed by atoms with van der Waals surface area (Å²) in [5.41, 5.74) is 0.153. The van der Waals surface area contributed by atoms with Crippen LogP contribution < -0.4 is 10.1 Å². The van der Waals surface area contributed by atoms with Crippen molar-refractivity contribution < 1.29 is 17.9 Å². The molecular weight excluding hydrogens is 422 g/mol. The van der Waals surface area contributed by atoms with E-state index >= 15 is 0 Å². The van der Waals surface area contributed by atoms with Crippen molar-refractivity contribution in [1.29, 1.82) is 0 Å². The van der Waals surface area contributed by atoms with E-state index in [2.05, 4.69) is 10.3 Å². The van der Waals surface area contributed by atoms with Gasteiger partial charge in [0, 0.05) is 18.5 Å². The molecule has 0 spiro atoms. The van der Waals surface area contributed by atoms with Crippen molar-refractivity contribution in [3.63, 3.8) is 0 Å². The van der Waals surface area contributed by atoms with E-state index in [4.69, 9.17) is 4.74 Å². The summed E-state index contributed by atoms with van der Waals surface area (Å²) in [5, 5.41) is 3.66. The van der Waals surface area contributed by atoms with Gasteiger partial charge in [0.1, 0.15) is 10.6 Å². The molecule has 1 aromatic carbocycles. The number of thiazole rings is 1. The SMILES string of the molecule is CCN(CC)S(=O)(=O)c1ccc(OC(C)C)c(NC(=O)c2cnc(C(C)(C)C)s2)c1. The van der Waals surface area contributed by atoms with Crippen LogP contribution in [-0.4, -0.2) is 42.8 Å². The molecule has 1 N–H and O–H groups in total. The Morgan fingerprint density at radius 1 is 1.23 bits per heavy atom. The average Bonchev–Trinajstić information content (AvgIpc) is 3.14. The molecule has 0 aliphatic heterocycles. The molecule has 1 aromatic heterocycles. The Morgan fingerprint density at radius 3 is 2.37 bits per heavy atom. The highest BCUT2D eigenvalue weighted by Crippen LogP contribution is 2.32. The molecule has 2 aromatic rings. The predicted molar refractivity (Wildman–Crippen MR) is 121 cm³/mol. The maximum Gasteiger partial charge on any atom is 0.267 e. The number of ether oxygens (including phenoxy) is 1. The predicted octanol–water partition coefficient (Wildman–Crippen LogP) is 4.51. The topological polar surface area (TPSA) is 88.6 Å². The fourth-order valence-corrected chi connectivity index (χ4v) is 5.10. The van der Waals surface area contributed by atoms with E-state index in [0.717, 1.165) is 5.01 Å². The summed E-state index contributed by atoms with van der Waals surface area (Å²) in [6.07, 6.45) is 1.40. The summed E-state index contributed by atoms with van der Waals surface area (Å²) in [7, 11) is -3.67. The molecule has 0 bridgehead atoms. The van der Waals surface area contributed by atoms with Crippen molar-refractivity contribution in [2.75, 3.05) is 18.4 Å². The molecule has 9 heteroatoms. The number of rotatable bonds is 8. The molecule has 1 heterocycles. The molecule has 30 heavy (non-hydrogen) atoms. The van der Waals surface area contributed by atoms with E-state index in [1.54, 1.807) is 26.1 Å². The molecular formula is C21H31N3O4S2. The summed E-state index contributed by atoms with van der Waals surface area (Å²) in [6, 6.07) is 4.54. The number of carbonyl (C=O) groups excluding carboxylic acids is 1. The Morgan fingerprint density at radius 2 is 1.87 bits per heavy atom. The van der Waals surface area contributed by atoms with E-state index in [1.165, 1.54) is 27.8 Å². The van der Waals surface area contributed by atoms with Gasteiger partial charge in [0.2, 0.25) is 10.0 Å². The molecule has 0 aliphatic rings. The molecule has 0 radical (unpaired) electrons. The van der Waals surface area contributed by atoms with Crippen LogP contribution in [0.1, 0.15) is 63.1 Å². The van der Waals surface area contributed by atoms with Crippen LogP contribution >= 0.6 is 11.3 Å². The Hall–Kier alpha value is -1.97. The number of hydrogen-bond acceptors (Lipinski definition) is 6. The monoisotopic (exact) mass is 453 g/mol. The van der Waals surface area contributed by atoms with Crippen LogP contribution in [0.3, 0.4) is 0 Å². The second-order valence-electron chi connectivity index (χ2n) is 8.15. The number of sulfonamides is 1. The molecule has 2 rings (SSSR count). The van der Waals surface area contributed by atoms with Gasteiger partial charge in [-0.1, -0.05) is 34.6 Å². The van der Waals surface area contributed by atoms with Crippen LogP contribution in [0.25, 0.3) is 0 Å². The highest BCUT2D eigenvalue weighted by Gasteiger charge is 2.25. The number of carbonyl (C=O) groups is 1. The number of amides is 1. The second kappa shape index (κ2) is 9.45. The number of benzene rings is 1. The summed E-state index contributed by atoms with van der Waals surface area (Å²) < 4.78 is 33.0. The third-order valence-corrected chi connectivity index (χ3v) is 7.74. The molecule has 7 nitrogen and oxygen atoms in total. The molecule has 1 amide bonds. The lowest BCUT2D eigenvalue weighted by Gasteiger charge is -2.20. The molecule has 0 aliphatic carbocycles. The first kappa shape index (κ1) is 24.3. The van der Waals surface area contributed by atoms with Gasteiger partial charge < -0.3 is 10.1 Å². The lowest BCUT2D eigenvalue weighted by Crippen LogP contribution is -2.30. The lowest BCUT2D eigenvalue weighted by molar-refractivity contribution is 0.102. The number of nitrogens with zero attached hydrogens (tertiary/aromatic N) is 2. The van der Waals surface area contributed by atoms with Crippen molar-refractivity contribution in [3.05, 3.63) is 34.3 Å². The van der Waals surface area contributed by atoms with Crippen molar-refractivity contribution >= 4 is 33.0 Å². The third-order valence-electron chi connectivity index (χ3n) is 4.28. The highest BCUT2D eigenvalue weighted by molar-refractivity contribution is 7.89. The fourth-order valence-electron chi connectivity index (χ4n) is 2.75. The first-order valence-electron chi connectivity index (χ1n) is 9.98.